The minimum Gasteiger partial charge on any atom is -0.480 e. The van der Waals surface area contributed by atoms with E-state index in [1.807, 2.05) is 6.07 Å². The lowest BCUT2D eigenvalue weighted by atomic mass is 10.2. The average Bonchev–Trinajstić information content (AvgIpc) is 2.85. The Balaban J connectivity index is 1.92. The van der Waals surface area contributed by atoms with Crippen LogP contribution in [0, 0.1) is 0 Å². The SMILES string of the molecule is O=C(O)C1CCCN1C(=O)NCc1cccc(Cl)c1. The van der Waals surface area contributed by atoms with E-state index in [0.29, 0.717) is 24.5 Å². The van der Waals surface area contributed by atoms with Gasteiger partial charge < -0.3 is 15.3 Å². The zero-order chi connectivity index (χ0) is 13.8. The van der Waals surface area contributed by atoms with Gasteiger partial charge in [0.25, 0.3) is 0 Å². The number of benzene rings is 1. The summed E-state index contributed by atoms with van der Waals surface area (Å²) in [6.45, 7) is 0.820. The van der Waals surface area contributed by atoms with Crippen molar-refractivity contribution in [1.82, 2.24) is 10.2 Å². The predicted molar refractivity (Wildman–Crippen MR) is 71.1 cm³/mol. The quantitative estimate of drug-likeness (QED) is 0.892. The van der Waals surface area contributed by atoms with Gasteiger partial charge in [-0.1, -0.05) is 23.7 Å². The van der Waals surface area contributed by atoms with Crippen molar-refractivity contribution in [1.29, 1.82) is 0 Å². The number of urea groups is 1. The molecule has 19 heavy (non-hydrogen) atoms. The number of carbonyl (C=O) groups excluding carboxylic acids is 1. The summed E-state index contributed by atoms with van der Waals surface area (Å²) in [6, 6.07) is 6.13. The lowest BCUT2D eigenvalue weighted by Gasteiger charge is -2.21. The zero-order valence-electron chi connectivity index (χ0n) is 10.3. The normalized spacial score (nSPS) is 18.4. The second-order valence-electron chi connectivity index (χ2n) is 4.48. The molecule has 1 fully saturated rings. The standard InChI is InChI=1S/C13H15ClN2O3/c14-10-4-1-3-9(7-10)8-15-13(19)16-6-2-5-11(16)12(17)18/h1,3-4,7,11H,2,5-6,8H2,(H,15,19)(H,17,18). The molecule has 2 rings (SSSR count). The molecular formula is C13H15ClN2O3. The summed E-state index contributed by atoms with van der Waals surface area (Å²) in [5.74, 6) is -0.949. The monoisotopic (exact) mass is 282 g/mol. The molecule has 1 aromatic carbocycles. The van der Waals surface area contributed by atoms with E-state index in [2.05, 4.69) is 5.32 Å². The van der Waals surface area contributed by atoms with E-state index >= 15 is 0 Å². The summed E-state index contributed by atoms with van der Waals surface area (Å²) in [4.78, 5) is 24.3. The molecule has 0 bridgehead atoms. The molecule has 1 aliphatic heterocycles. The number of hydrogen-bond donors (Lipinski definition) is 2. The van der Waals surface area contributed by atoms with Crippen molar-refractivity contribution in [2.24, 2.45) is 0 Å². The van der Waals surface area contributed by atoms with Crippen LogP contribution in [0.15, 0.2) is 24.3 Å². The first-order valence-corrected chi connectivity index (χ1v) is 6.47. The van der Waals surface area contributed by atoms with E-state index in [9.17, 15) is 9.59 Å². The van der Waals surface area contributed by atoms with Crippen LogP contribution in [0.25, 0.3) is 0 Å². The van der Waals surface area contributed by atoms with Gasteiger partial charge in [0.1, 0.15) is 6.04 Å². The smallest absolute Gasteiger partial charge is 0.326 e. The van der Waals surface area contributed by atoms with E-state index in [0.717, 1.165) is 12.0 Å². The summed E-state index contributed by atoms with van der Waals surface area (Å²) in [5.41, 5.74) is 0.881. The first-order valence-electron chi connectivity index (χ1n) is 6.09. The van der Waals surface area contributed by atoms with Gasteiger partial charge in [-0.15, -0.1) is 0 Å². The molecule has 0 spiro atoms. The van der Waals surface area contributed by atoms with Crippen molar-refractivity contribution < 1.29 is 14.7 Å². The van der Waals surface area contributed by atoms with Gasteiger partial charge in [-0.25, -0.2) is 9.59 Å². The highest BCUT2D eigenvalue weighted by Crippen LogP contribution is 2.17. The minimum absolute atomic E-state index is 0.336. The molecule has 0 aliphatic carbocycles. The number of carbonyl (C=O) groups is 2. The molecule has 6 heteroatoms. The van der Waals surface area contributed by atoms with E-state index in [1.165, 1.54) is 4.90 Å². The summed E-state index contributed by atoms with van der Waals surface area (Å²) >= 11 is 5.85. The Bertz CT molecular complexity index is 493. The van der Waals surface area contributed by atoms with Gasteiger partial charge >= 0.3 is 12.0 Å². The lowest BCUT2D eigenvalue weighted by molar-refractivity contribution is -0.141. The lowest BCUT2D eigenvalue weighted by Crippen LogP contribution is -2.45. The third kappa shape index (κ3) is 3.38. The van der Waals surface area contributed by atoms with Crippen LogP contribution in [-0.2, 0) is 11.3 Å². The first kappa shape index (κ1) is 13.7. The number of rotatable bonds is 3. The van der Waals surface area contributed by atoms with Crippen molar-refractivity contribution in [3.8, 4) is 0 Å². The third-order valence-corrected chi connectivity index (χ3v) is 3.37. The van der Waals surface area contributed by atoms with Gasteiger partial charge in [0.2, 0.25) is 0 Å². The summed E-state index contributed by atoms with van der Waals surface area (Å²) in [6.07, 6.45) is 1.24. The summed E-state index contributed by atoms with van der Waals surface area (Å²) in [7, 11) is 0. The molecule has 1 aromatic rings. The van der Waals surface area contributed by atoms with Crippen molar-refractivity contribution in [3.05, 3.63) is 34.9 Å². The third-order valence-electron chi connectivity index (χ3n) is 3.13. The Labute approximate surface area is 116 Å². The van der Waals surface area contributed by atoms with Crippen LogP contribution in [0.2, 0.25) is 5.02 Å². The predicted octanol–water partition coefficient (Wildman–Crippen LogP) is 2.10. The Kier molecular flexibility index (Phi) is 4.27. The fourth-order valence-electron chi connectivity index (χ4n) is 2.19. The fraction of sp³-hybridized carbons (Fsp3) is 0.385. The van der Waals surface area contributed by atoms with Gasteiger partial charge in [-0.05, 0) is 30.5 Å². The van der Waals surface area contributed by atoms with Crippen molar-refractivity contribution in [2.75, 3.05) is 6.54 Å². The van der Waals surface area contributed by atoms with Crippen molar-refractivity contribution >= 4 is 23.6 Å². The van der Waals surface area contributed by atoms with Crippen molar-refractivity contribution in [2.45, 2.75) is 25.4 Å². The molecule has 2 N–H and O–H groups in total. The number of hydrogen-bond acceptors (Lipinski definition) is 2. The van der Waals surface area contributed by atoms with E-state index in [-0.39, 0.29) is 6.03 Å². The average molecular weight is 283 g/mol. The van der Waals surface area contributed by atoms with Crippen molar-refractivity contribution in [3.63, 3.8) is 0 Å². The summed E-state index contributed by atoms with van der Waals surface area (Å²) < 4.78 is 0. The number of likely N-dealkylation sites (tertiary alicyclic amines) is 1. The van der Waals surface area contributed by atoms with Crippen LogP contribution in [0.1, 0.15) is 18.4 Å². The number of carboxylic acid groups (broad SMARTS) is 1. The maximum Gasteiger partial charge on any atom is 0.326 e. The van der Waals surface area contributed by atoms with Crippen LogP contribution in [0.4, 0.5) is 4.79 Å². The molecule has 0 aromatic heterocycles. The maximum atomic E-state index is 11.9. The minimum atomic E-state index is -0.949. The van der Waals surface area contributed by atoms with Gasteiger partial charge in [0, 0.05) is 18.1 Å². The molecule has 1 aliphatic rings. The van der Waals surface area contributed by atoms with Crippen LogP contribution in [0.3, 0.4) is 0 Å². The first-order chi connectivity index (χ1) is 9.08. The molecule has 5 nitrogen and oxygen atoms in total. The highest BCUT2D eigenvalue weighted by atomic mass is 35.5. The van der Waals surface area contributed by atoms with Gasteiger partial charge in [-0.3, -0.25) is 0 Å². The summed E-state index contributed by atoms with van der Waals surface area (Å²) in [5, 5.41) is 12.3. The maximum absolute atomic E-state index is 11.9. The molecule has 0 radical (unpaired) electrons. The Hall–Kier alpha value is -1.75. The highest BCUT2D eigenvalue weighted by molar-refractivity contribution is 6.30. The van der Waals surface area contributed by atoms with Crippen LogP contribution < -0.4 is 5.32 Å². The van der Waals surface area contributed by atoms with Crippen LogP contribution in [0.5, 0.6) is 0 Å². The number of carboxylic acids is 1. The van der Waals surface area contributed by atoms with E-state index < -0.39 is 12.0 Å². The molecule has 1 atom stereocenters. The van der Waals surface area contributed by atoms with Gasteiger partial charge in [-0.2, -0.15) is 0 Å². The number of amides is 2. The molecule has 1 heterocycles. The Morgan fingerprint density at radius 2 is 2.26 bits per heavy atom. The molecule has 2 amide bonds. The number of nitrogens with one attached hydrogen (secondary N) is 1. The zero-order valence-corrected chi connectivity index (χ0v) is 11.1. The van der Waals surface area contributed by atoms with Gasteiger partial charge in [0.05, 0.1) is 0 Å². The largest absolute Gasteiger partial charge is 0.480 e. The Morgan fingerprint density at radius 1 is 1.47 bits per heavy atom. The van der Waals surface area contributed by atoms with Gasteiger partial charge in [0.15, 0.2) is 0 Å². The second-order valence-corrected chi connectivity index (χ2v) is 4.91. The highest BCUT2D eigenvalue weighted by Gasteiger charge is 2.33. The van der Waals surface area contributed by atoms with Crippen LogP contribution >= 0.6 is 11.6 Å². The number of aliphatic carboxylic acids is 1. The Morgan fingerprint density at radius 3 is 2.95 bits per heavy atom. The molecular weight excluding hydrogens is 268 g/mol. The van der Waals surface area contributed by atoms with E-state index in [4.69, 9.17) is 16.7 Å². The molecule has 102 valence electrons. The van der Waals surface area contributed by atoms with Crippen LogP contribution in [-0.4, -0.2) is 34.6 Å². The molecule has 1 unspecified atom stereocenters. The molecule has 0 saturated carbocycles. The van der Waals surface area contributed by atoms with E-state index in [1.54, 1.807) is 18.2 Å². The number of halogens is 1. The molecule has 1 saturated heterocycles. The second kappa shape index (κ2) is 5.93. The topological polar surface area (TPSA) is 69.6 Å². The number of nitrogens with zero attached hydrogens (tertiary/aromatic N) is 1. The fourth-order valence-corrected chi connectivity index (χ4v) is 2.41.